The van der Waals surface area contributed by atoms with Crippen molar-refractivity contribution in [2.75, 3.05) is 10.6 Å². The van der Waals surface area contributed by atoms with Crippen molar-refractivity contribution in [2.24, 2.45) is 5.73 Å². The molecule has 4 rings (SSSR count). The monoisotopic (exact) mass is 357 g/mol. The fourth-order valence-electron chi connectivity index (χ4n) is 3.27. The number of hydrogen-bond donors (Lipinski definition) is 5. The first-order chi connectivity index (χ1) is 12.5. The number of benzene rings is 2. The summed E-state index contributed by atoms with van der Waals surface area (Å²) in [5.74, 6) is -0.504. The first kappa shape index (κ1) is 16.9. The molecular formula is C18H20FN5O2. The number of rotatable bonds is 3. The third-order valence-electron chi connectivity index (χ3n) is 4.60. The zero-order chi connectivity index (χ0) is 18.3. The molecule has 26 heavy (non-hydrogen) atoms. The smallest absolute Gasteiger partial charge is 0.247 e. The number of anilines is 2. The van der Waals surface area contributed by atoms with Crippen LogP contribution in [0, 0.1) is 12.7 Å². The number of aryl methyl sites for hydroxylation is 1. The Kier molecular flexibility index (Phi) is 4.33. The average molecular weight is 357 g/mol. The van der Waals surface area contributed by atoms with Gasteiger partial charge in [0.15, 0.2) is 6.35 Å². The van der Waals surface area contributed by atoms with Crippen molar-refractivity contribution in [1.29, 1.82) is 0 Å². The van der Waals surface area contributed by atoms with Gasteiger partial charge in [0.2, 0.25) is 5.91 Å². The van der Waals surface area contributed by atoms with E-state index in [9.17, 15) is 9.18 Å². The van der Waals surface area contributed by atoms with Gasteiger partial charge in [0, 0.05) is 23.4 Å². The average Bonchev–Trinajstić information content (AvgIpc) is 3.26. The molecule has 2 aromatic rings. The predicted molar refractivity (Wildman–Crippen MR) is 95.4 cm³/mol. The van der Waals surface area contributed by atoms with Gasteiger partial charge in [-0.3, -0.25) is 10.5 Å². The van der Waals surface area contributed by atoms with Crippen LogP contribution in [0.1, 0.15) is 22.9 Å². The van der Waals surface area contributed by atoms with Crippen molar-refractivity contribution in [2.45, 2.75) is 32.0 Å². The summed E-state index contributed by atoms with van der Waals surface area (Å²) in [4.78, 5) is 12.6. The standard InChI is InChI=1S/C18H20FN5O2/c1-9-5-6-13(19)12-8-14(22-15(9)12)16(25)21-11-4-2-3-10(7-11)17-23-24-18(20)26-17/h2-7,14,17-18,22-24H,8,20H2,1H3,(H,21,25). The van der Waals surface area contributed by atoms with E-state index in [4.69, 9.17) is 10.5 Å². The van der Waals surface area contributed by atoms with Crippen molar-refractivity contribution in [3.63, 3.8) is 0 Å². The van der Waals surface area contributed by atoms with Crippen LogP contribution in [-0.4, -0.2) is 18.3 Å². The van der Waals surface area contributed by atoms with Crippen molar-refractivity contribution in [3.8, 4) is 0 Å². The van der Waals surface area contributed by atoms with Crippen LogP contribution in [0.5, 0.6) is 0 Å². The van der Waals surface area contributed by atoms with Crippen molar-refractivity contribution < 1.29 is 13.9 Å². The molecule has 0 bridgehead atoms. The first-order valence-electron chi connectivity index (χ1n) is 8.39. The lowest BCUT2D eigenvalue weighted by Gasteiger charge is -2.15. The van der Waals surface area contributed by atoms with E-state index in [1.165, 1.54) is 6.07 Å². The molecule has 1 fully saturated rings. The second-order valence-corrected chi connectivity index (χ2v) is 6.46. The third-order valence-corrected chi connectivity index (χ3v) is 4.60. The van der Waals surface area contributed by atoms with Crippen LogP contribution < -0.4 is 27.2 Å². The topological polar surface area (TPSA) is 100 Å². The van der Waals surface area contributed by atoms with Crippen molar-refractivity contribution in [1.82, 2.24) is 10.9 Å². The molecule has 1 amide bonds. The highest BCUT2D eigenvalue weighted by atomic mass is 19.1. The molecule has 0 aliphatic carbocycles. The van der Waals surface area contributed by atoms with Gasteiger partial charge in [-0.1, -0.05) is 18.2 Å². The van der Waals surface area contributed by atoms with E-state index in [1.807, 2.05) is 25.1 Å². The molecule has 6 N–H and O–H groups in total. The van der Waals surface area contributed by atoms with Crippen LogP contribution in [0.4, 0.5) is 15.8 Å². The van der Waals surface area contributed by atoms with E-state index < -0.39 is 18.6 Å². The summed E-state index contributed by atoms with van der Waals surface area (Å²) in [7, 11) is 0. The van der Waals surface area contributed by atoms with Crippen LogP contribution in [0.15, 0.2) is 36.4 Å². The minimum absolute atomic E-state index is 0.215. The number of amides is 1. The highest BCUT2D eigenvalue weighted by Gasteiger charge is 2.30. The van der Waals surface area contributed by atoms with Crippen molar-refractivity contribution in [3.05, 3.63) is 58.9 Å². The molecule has 0 radical (unpaired) electrons. The molecule has 2 aromatic carbocycles. The number of hydrazine groups is 1. The van der Waals surface area contributed by atoms with E-state index in [1.54, 1.807) is 12.1 Å². The summed E-state index contributed by atoms with van der Waals surface area (Å²) in [6.45, 7) is 1.89. The third kappa shape index (κ3) is 3.15. The van der Waals surface area contributed by atoms with Crippen molar-refractivity contribution >= 4 is 17.3 Å². The molecule has 2 aliphatic heterocycles. The summed E-state index contributed by atoms with van der Waals surface area (Å²) in [6.07, 6.45) is -0.662. The number of carbonyl (C=O) groups is 1. The largest absolute Gasteiger partial charge is 0.373 e. The van der Waals surface area contributed by atoms with Crippen LogP contribution in [-0.2, 0) is 16.0 Å². The Morgan fingerprint density at radius 3 is 2.88 bits per heavy atom. The Bertz CT molecular complexity index is 828. The molecule has 8 heteroatoms. The second-order valence-electron chi connectivity index (χ2n) is 6.46. The zero-order valence-corrected chi connectivity index (χ0v) is 14.2. The van der Waals surface area contributed by atoms with E-state index in [0.717, 1.165) is 11.1 Å². The lowest BCUT2D eigenvalue weighted by Crippen LogP contribution is -2.37. The molecule has 2 aliphatic rings. The van der Waals surface area contributed by atoms with Gasteiger partial charge >= 0.3 is 0 Å². The number of carbonyl (C=O) groups excluding carboxylic acids is 1. The Morgan fingerprint density at radius 1 is 1.31 bits per heavy atom. The summed E-state index contributed by atoms with van der Waals surface area (Å²) in [6, 6.07) is 9.92. The molecule has 7 nitrogen and oxygen atoms in total. The quantitative estimate of drug-likeness (QED) is 0.570. The summed E-state index contributed by atoms with van der Waals surface area (Å²) in [5.41, 5.74) is 15.0. The lowest BCUT2D eigenvalue weighted by molar-refractivity contribution is -0.116. The summed E-state index contributed by atoms with van der Waals surface area (Å²) >= 11 is 0. The molecule has 1 saturated heterocycles. The Balaban J connectivity index is 1.46. The SMILES string of the molecule is Cc1ccc(F)c2c1NC(C(=O)Nc1cccc(C3NNC(N)O3)c1)C2. The molecular weight excluding hydrogens is 337 g/mol. The van der Waals surface area contributed by atoms with E-state index >= 15 is 0 Å². The Morgan fingerprint density at radius 2 is 2.15 bits per heavy atom. The van der Waals surface area contributed by atoms with Gasteiger partial charge in [0.1, 0.15) is 18.1 Å². The highest BCUT2D eigenvalue weighted by molar-refractivity contribution is 5.98. The minimum Gasteiger partial charge on any atom is -0.373 e. The first-order valence-corrected chi connectivity index (χ1v) is 8.39. The maximum atomic E-state index is 14.0. The molecule has 0 saturated carbocycles. The number of hydrogen-bond acceptors (Lipinski definition) is 6. The van der Waals surface area contributed by atoms with Gasteiger partial charge in [-0.15, -0.1) is 0 Å². The van der Waals surface area contributed by atoms with E-state index in [-0.39, 0.29) is 11.7 Å². The number of halogens is 1. The van der Waals surface area contributed by atoms with Crippen LogP contribution >= 0.6 is 0 Å². The van der Waals surface area contributed by atoms with Gasteiger partial charge in [-0.25, -0.2) is 15.2 Å². The molecule has 3 atom stereocenters. The van der Waals surface area contributed by atoms with Gasteiger partial charge in [0.05, 0.1) is 0 Å². The van der Waals surface area contributed by atoms with Gasteiger partial charge < -0.3 is 15.4 Å². The normalized spacial score (nSPS) is 24.2. The summed E-state index contributed by atoms with van der Waals surface area (Å²) < 4.78 is 19.4. The fraction of sp³-hybridized carbons (Fsp3) is 0.278. The van der Waals surface area contributed by atoms with Gasteiger partial charge in [-0.05, 0) is 36.2 Å². The van der Waals surface area contributed by atoms with E-state index in [0.29, 0.717) is 23.4 Å². The number of fused-ring (bicyclic) bond motifs is 1. The number of nitrogens with two attached hydrogens (primary N) is 1. The Labute approximate surface area is 150 Å². The molecule has 3 unspecified atom stereocenters. The van der Waals surface area contributed by atoms with Crippen LogP contribution in [0.25, 0.3) is 0 Å². The zero-order valence-electron chi connectivity index (χ0n) is 14.2. The maximum Gasteiger partial charge on any atom is 0.247 e. The van der Waals surface area contributed by atoms with Crippen LogP contribution in [0.3, 0.4) is 0 Å². The molecule has 0 aromatic heterocycles. The van der Waals surface area contributed by atoms with Gasteiger partial charge in [0.25, 0.3) is 0 Å². The maximum absolute atomic E-state index is 14.0. The minimum atomic E-state index is -0.586. The molecule has 136 valence electrons. The van der Waals surface area contributed by atoms with Gasteiger partial charge in [-0.2, -0.15) is 0 Å². The molecule has 2 heterocycles. The highest BCUT2D eigenvalue weighted by Crippen LogP contribution is 2.32. The number of ether oxygens (including phenoxy) is 1. The lowest BCUT2D eigenvalue weighted by atomic mass is 10.1. The predicted octanol–water partition coefficient (Wildman–Crippen LogP) is 1.47. The summed E-state index contributed by atoms with van der Waals surface area (Å²) in [5, 5.41) is 6.00. The fourth-order valence-corrected chi connectivity index (χ4v) is 3.27. The number of nitrogens with one attached hydrogen (secondary N) is 4. The van der Waals surface area contributed by atoms with Crippen LogP contribution in [0.2, 0.25) is 0 Å². The Hall–Kier alpha value is -2.52. The second kappa shape index (κ2) is 6.65. The molecule has 0 spiro atoms. The van der Waals surface area contributed by atoms with E-state index in [2.05, 4.69) is 21.5 Å².